The van der Waals surface area contributed by atoms with Gasteiger partial charge < -0.3 is 5.32 Å². The summed E-state index contributed by atoms with van der Waals surface area (Å²) in [6.45, 7) is 5.99. The van der Waals surface area contributed by atoms with Crippen molar-refractivity contribution >= 4 is 15.9 Å². The molecule has 2 saturated carbocycles. The number of hydrogen-bond acceptors (Lipinski definition) is 1. The minimum absolute atomic E-state index is 0.642. The Balaban J connectivity index is 1.44. The van der Waals surface area contributed by atoms with Crippen molar-refractivity contribution < 1.29 is 0 Å². The molecule has 3 rings (SSSR count). The highest BCUT2D eigenvalue weighted by molar-refractivity contribution is 9.10. The van der Waals surface area contributed by atoms with Crippen LogP contribution in [0.15, 0.2) is 28.7 Å². The zero-order chi connectivity index (χ0) is 13.5. The largest absolute Gasteiger partial charge is 0.313 e. The second-order valence-electron chi connectivity index (χ2n) is 6.81. The fraction of sp³-hybridized carbons (Fsp3) is 0.647. The van der Waals surface area contributed by atoms with Gasteiger partial charge in [-0.05, 0) is 60.6 Å². The smallest absolute Gasteiger partial charge is 0.0175 e. The Bertz CT molecular complexity index is 427. The molecule has 2 heteroatoms. The summed E-state index contributed by atoms with van der Waals surface area (Å²) in [5, 5.41) is 3.81. The zero-order valence-corrected chi connectivity index (χ0v) is 13.5. The van der Waals surface area contributed by atoms with Crippen LogP contribution in [-0.4, -0.2) is 12.6 Å². The van der Waals surface area contributed by atoms with Gasteiger partial charge >= 0.3 is 0 Å². The Kier molecular flexibility index (Phi) is 3.74. The molecule has 2 fully saturated rings. The second kappa shape index (κ2) is 5.21. The van der Waals surface area contributed by atoms with Crippen molar-refractivity contribution in [2.45, 2.75) is 51.5 Å². The summed E-state index contributed by atoms with van der Waals surface area (Å²) < 4.78 is 1.18. The summed E-state index contributed by atoms with van der Waals surface area (Å²) in [5.74, 6) is 1.61. The fourth-order valence-corrected chi connectivity index (χ4v) is 3.52. The van der Waals surface area contributed by atoms with Gasteiger partial charge in [0, 0.05) is 17.1 Å². The summed E-state index contributed by atoms with van der Waals surface area (Å²) in [7, 11) is 0. The maximum Gasteiger partial charge on any atom is 0.0175 e. The third-order valence-corrected chi connectivity index (χ3v) is 5.87. The van der Waals surface area contributed by atoms with Crippen LogP contribution in [0.5, 0.6) is 0 Å². The van der Waals surface area contributed by atoms with Gasteiger partial charge in [-0.2, -0.15) is 0 Å². The van der Waals surface area contributed by atoms with Gasteiger partial charge in [-0.3, -0.25) is 0 Å². The van der Waals surface area contributed by atoms with Crippen LogP contribution in [0.2, 0.25) is 0 Å². The number of rotatable bonds is 5. The molecule has 0 spiro atoms. The molecule has 0 radical (unpaired) electrons. The number of halogens is 1. The average Bonchev–Trinajstić information content (AvgIpc) is 3.10. The molecular formula is C17H24BrN. The van der Waals surface area contributed by atoms with Crippen molar-refractivity contribution in [2.75, 3.05) is 6.54 Å². The van der Waals surface area contributed by atoms with E-state index in [-0.39, 0.29) is 0 Å². The third kappa shape index (κ3) is 2.90. The average molecular weight is 322 g/mol. The van der Waals surface area contributed by atoms with Crippen LogP contribution in [0.3, 0.4) is 0 Å². The van der Waals surface area contributed by atoms with E-state index in [0.717, 1.165) is 17.9 Å². The van der Waals surface area contributed by atoms with Gasteiger partial charge in [0.15, 0.2) is 0 Å². The molecule has 2 aliphatic rings. The van der Waals surface area contributed by atoms with Crippen molar-refractivity contribution in [3.8, 4) is 0 Å². The molecule has 2 aliphatic carbocycles. The number of hydrogen-bond donors (Lipinski definition) is 1. The van der Waals surface area contributed by atoms with Crippen LogP contribution >= 0.6 is 15.9 Å². The molecule has 19 heavy (non-hydrogen) atoms. The van der Waals surface area contributed by atoms with E-state index in [0.29, 0.717) is 5.41 Å². The third-order valence-electron chi connectivity index (χ3n) is 5.34. The fourth-order valence-electron chi connectivity index (χ4n) is 3.26. The Morgan fingerprint density at radius 1 is 1.21 bits per heavy atom. The van der Waals surface area contributed by atoms with E-state index in [4.69, 9.17) is 0 Å². The van der Waals surface area contributed by atoms with Crippen molar-refractivity contribution in [3.63, 3.8) is 0 Å². The van der Waals surface area contributed by atoms with E-state index < -0.39 is 0 Å². The molecule has 1 aromatic carbocycles. The number of benzene rings is 1. The maximum absolute atomic E-state index is 3.81. The van der Waals surface area contributed by atoms with Gasteiger partial charge in [0.25, 0.3) is 0 Å². The first-order valence-electron chi connectivity index (χ1n) is 7.58. The van der Waals surface area contributed by atoms with Gasteiger partial charge in [0.1, 0.15) is 0 Å². The highest BCUT2D eigenvalue weighted by atomic mass is 79.9. The Hall–Kier alpha value is -0.340. The van der Waals surface area contributed by atoms with E-state index in [9.17, 15) is 0 Å². The minimum atomic E-state index is 0.642. The molecule has 0 unspecified atom stereocenters. The first-order valence-corrected chi connectivity index (χ1v) is 8.37. The Morgan fingerprint density at radius 3 is 2.37 bits per heavy atom. The van der Waals surface area contributed by atoms with Gasteiger partial charge in [-0.1, -0.05) is 41.9 Å². The summed E-state index contributed by atoms with van der Waals surface area (Å²) in [6.07, 6.45) is 5.49. The monoisotopic (exact) mass is 321 g/mol. The molecule has 0 bridgehead atoms. The van der Waals surface area contributed by atoms with E-state index >= 15 is 0 Å². The molecule has 0 amide bonds. The van der Waals surface area contributed by atoms with Crippen molar-refractivity contribution in [1.82, 2.24) is 5.32 Å². The van der Waals surface area contributed by atoms with Crippen molar-refractivity contribution in [2.24, 2.45) is 11.3 Å². The van der Waals surface area contributed by atoms with Gasteiger partial charge in [-0.15, -0.1) is 0 Å². The molecule has 1 nitrogen and oxygen atoms in total. The molecular weight excluding hydrogens is 298 g/mol. The summed E-state index contributed by atoms with van der Waals surface area (Å²) in [6, 6.07) is 9.61. The lowest BCUT2D eigenvalue weighted by atomic mass is 9.75. The van der Waals surface area contributed by atoms with E-state index in [1.807, 2.05) is 0 Å². The first kappa shape index (κ1) is 13.6. The molecule has 0 aliphatic heterocycles. The van der Waals surface area contributed by atoms with E-state index in [1.54, 1.807) is 0 Å². The lowest BCUT2D eigenvalue weighted by Crippen LogP contribution is -2.43. The molecule has 0 atom stereocenters. The highest BCUT2D eigenvalue weighted by Gasteiger charge is 2.45. The Labute approximate surface area is 125 Å². The Morgan fingerprint density at radius 2 is 1.84 bits per heavy atom. The van der Waals surface area contributed by atoms with Gasteiger partial charge in [0.2, 0.25) is 0 Å². The van der Waals surface area contributed by atoms with E-state index in [2.05, 4.69) is 59.4 Å². The van der Waals surface area contributed by atoms with Crippen LogP contribution in [0, 0.1) is 11.3 Å². The van der Waals surface area contributed by atoms with Crippen LogP contribution in [0.1, 0.15) is 51.0 Å². The predicted molar refractivity (Wildman–Crippen MR) is 84.4 cm³/mol. The van der Waals surface area contributed by atoms with Gasteiger partial charge in [-0.25, -0.2) is 0 Å². The zero-order valence-electron chi connectivity index (χ0n) is 12.0. The molecule has 1 aromatic rings. The topological polar surface area (TPSA) is 12.0 Å². The predicted octanol–water partition coefficient (Wildman–Crippen LogP) is 4.72. The van der Waals surface area contributed by atoms with Crippen LogP contribution in [0.4, 0.5) is 0 Å². The lowest BCUT2D eigenvalue weighted by Gasteiger charge is -2.38. The maximum atomic E-state index is 3.81. The molecule has 0 heterocycles. The summed E-state index contributed by atoms with van der Waals surface area (Å²) in [5.41, 5.74) is 2.15. The number of nitrogens with one attached hydrogen (secondary N) is 1. The van der Waals surface area contributed by atoms with Crippen LogP contribution in [-0.2, 0) is 0 Å². The van der Waals surface area contributed by atoms with Gasteiger partial charge in [0.05, 0.1) is 0 Å². The van der Waals surface area contributed by atoms with Crippen LogP contribution in [0.25, 0.3) is 0 Å². The molecule has 104 valence electrons. The SMILES string of the molecule is CC(C)C1(CNC2CC(c3ccc(Br)cc3)C2)CC1. The molecule has 0 aromatic heterocycles. The first-order chi connectivity index (χ1) is 9.09. The summed E-state index contributed by atoms with van der Waals surface area (Å²) >= 11 is 3.50. The lowest BCUT2D eigenvalue weighted by molar-refractivity contribution is 0.247. The standard InChI is InChI=1S/C17H24BrN/c1-12(2)17(7-8-17)11-19-16-9-14(10-16)13-3-5-15(18)6-4-13/h3-6,12,14,16,19H,7-11H2,1-2H3. The summed E-state index contributed by atoms with van der Waals surface area (Å²) in [4.78, 5) is 0. The molecule has 1 N–H and O–H groups in total. The van der Waals surface area contributed by atoms with Crippen molar-refractivity contribution in [3.05, 3.63) is 34.3 Å². The highest BCUT2D eigenvalue weighted by Crippen LogP contribution is 2.51. The van der Waals surface area contributed by atoms with E-state index in [1.165, 1.54) is 42.3 Å². The quantitative estimate of drug-likeness (QED) is 0.827. The van der Waals surface area contributed by atoms with Crippen molar-refractivity contribution in [1.29, 1.82) is 0 Å². The van der Waals surface area contributed by atoms with Crippen LogP contribution < -0.4 is 5.32 Å². The normalized spacial score (nSPS) is 28.2. The molecule has 0 saturated heterocycles. The second-order valence-corrected chi connectivity index (χ2v) is 7.73. The minimum Gasteiger partial charge on any atom is -0.313 e.